The third-order valence-electron chi connectivity index (χ3n) is 3.44. The summed E-state index contributed by atoms with van der Waals surface area (Å²) >= 11 is 0. The van der Waals surface area contributed by atoms with Gasteiger partial charge in [0.15, 0.2) is 0 Å². The fourth-order valence-corrected chi connectivity index (χ4v) is 3.22. The van der Waals surface area contributed by atoms with Gasteiger partial charge in [-0.05, 0) is 36.8 Å². The molecule has 94 valence electrons. The quantitative estimate of drug-likeness (QED) is 0.892. The largest absolute Gasteiger partial charge is 0.385 e. The third-order valence-corrected chi connectivity index (χ3v) is 4.39. The maximum atomic E-state index is 11.2. The number of fused-ring (bicyclic) bond motifs is 1. The van der Waals surface area contributed by atoms with E-state index in [0.29, 0.717) is 12.8 Å². The summed E-state index contributed by atoms with van der Waals surface area (Å²) in [5.74, 6) is 0.0395. The van der Waals surface area contributed by atoms with Crippen molar-refractivity contribution in [1.29, 1.82) is 0 Å². The van der Waals surface area contributed by atoms with Crippen LogP contribution in [0.2, 0.25) is 0 Å². The van der Waals surface area contributed by atoms with Crippen LogP contribution in [0.3, 0.4) is 0 Å². The molecule has 3 nitrogen and oxygen atoms in total. The molecular formula is C13H18O3S. The first kappa shape index (κ1) is 12.6. The minimum Gasteiger partial charge on any atom is -0.385 e. The van der Waals surface area contributed by atoms with Crippen LogP contribution in [0.4, 0.5) is 0 Å². The molecule has 0 fully saturated rings. The fraction of sp³-hybridized carbons (Fsp3) is 0.538. The Balaban J connectivity index is 2.27. The molecule has 1 N–H and O–H groups in total. The summed E-state index contributed by atoms with van der Waals surface area (Å²) in [4.78, 5) is 0. The van der Waals surface area contributed by atoms with E-state index in [2.05, 4.69) is 0 Å². The Hall–Kier alpha value is -0.870. The second-order valence-electron chi connectivity index (χ2n) is 4.92. The molecule has 1 unspecified atom stereocenters. The average Bonchev–Trinajstić information content (AvgIpc) is 2.27. The van der Waals surface area contributed by atoms with Crippen LogP contribution in [0.25, 0.3) is 0 Å². The van der Waals surface area contributed by atoms with Crippen LogP contribution in [-0.4, -0.2) is 25.5 Å². The normalized spacial score (nSPS) is 24.4. The zero-order chi connectivity index (χ0) is 12.5. The first-order valence-corrected chi connectivity index (χ1v) is 7.95. The lowest BCUT2D eigenvalue weighted by Crippen LogP contribution is -2.32. The van der Waals surface area contributed by atoms with Crippen molar-refractivity contribution in [2.75, 3.05) is 12.0 Å². The van der Waals surface area contributed by atoms with Crippen LogP contribution >= 0.6 is 0 Å². The summed E-state index contributed by atoms with van der Waals surface area (Å²) in [5, 5.41) is 10.6. The van der Waals surface area contributed by atoms with E-state index in [1.807, 2.05) is 24.3 Å². The van der Waals surface area contributed by atoms with E-state index < -0.39 is 15.4 Å². The van der Waals surface area contributed by atoms with Crippen molar-refractivity contribution >= 4 is 9.84 Å². The molecule has 0 bridgehead atoms. The first-order chi connectivity index (χ1) is 7.91. The summed E-state index contributed by atoms with van der Waals surface area (Å²) in [6.45, 7) is 0. The zero-order valence-electron chi connectivity index (χ0n) is 10.0. The number of benzene rings is 1. The Bertz CT molecular complexity index is 507. The van der Waals surface area contributed by atoms with E-state index in [1.54, 1.807) is 0 Å². The summed E-state index contributed by atoms with van der Waals surface area (Å²) in [6.07, 6.45) is 4.04. The molecule has 0 heterocycles. The Morgan fingerprint density at radius 2 is 2.06 bits per heavy atom. The topological polar surface area (TPSA) is 54.4 Å². The number of aryl methyl sites for hydroxylation is 1. The van der Waals surface area contributed by atoms with Gasteiger partial charge in [-0.2, -0.15) is 0 Å². The molecule has 0 saturated heterocycles. The molecule has 1 aromatic carbocycles. The number of aliphatic hydroxyl groups is 1. The van der Waals surface area contributed by atoms with Gasteiger partial charge in [-0.15, -0.1) is 0 Å². The molecule has 0 saturated carbocycles. The van der Waals surface area contributed by atoms with Crippen molar-refractivity contribution in [3.8, 4) is 0 Å². The summed E-state index contributed by atoms with van der Waals surface area (Å²) in [5.41, 5.74) is 1.10. The van der Waals surface area contributed by atoms with Gasteiger partial charge in [-0.3, -0.25) is 0 Å². The molecule has 1 aromatic rings. The van der Waals surface area contributed by atoms with E-state index in [0.717, 1.165) is 24.0 Å². The molecule has 2 rings (SSSR count). The molecule has 1 atom stereocenters. The van der Waals surface area contributed by atoms with Gasteiger partial charge in [0, 0.05) is 6.26 Å². The monoisotopic (exact) mass is 254 g/mol. The highest BCUT2D eigenvalue weighted by molar-refractivity contribution is 7.90. The lowest BCUT2D eigenvalue weighted by Gasteiger charge is -2.34. The van der Waals surface area contributed by atoms with Crippen LogP contribution in [0.15, 0.2) is 24.3 Å². The zero-order valence-corrected chi connectivity index (χ0v) is 10.8. The maximum absolute atomic E-state index is 11.2. The van der Waals surface area contributed by atoms with E-state index >= 15 is 0 Å². The number of rotatable bonds is 3. The molecule has 17 heavy (non-hydrogen) atoms. The fourth-order valence-electron chi connectivity index (χ4n) is 2.51. The van der Waals surface area contributed by atoms with Gasteiger partial charge in [0.25, 0.3) is 0 Å². The van der Waals surface area contributed by atoms with Gasteiger partial charge < -0.3 is 5.11 Å². The first-order valence-electron chi connectivity index (χ1n) is 5.89. The second-order valence-corrected chi connectivity index (χ2v) is 7.18. The third kappa shape index (κ3) is 2.87. The Morgan fingerprint density at radius 3 is 2.76 bits per heavy atom. The Labute approximate surface area is 102 Å². The van der Waals surface area contributed by atoms with E-state index in [4.69, 9.17) is 0 Å². The molecule has 4 heteroatoms. The van der Waals surface area contributed by atoms with Crippen LogP contribution in [0, 0.1) is 0 Å². The van der Waals surface area contributed by atoms with Crippen molar-refractivity contribution in [2.45, 2.75) is 31.3 Å². The van der Waals surface area contributed by atoms with Gasteiger partial charge in [0.1, 0.15) is 9.84 Å². The van der Waals surface area contributed by atoms with Gasteiger partial charge in [0.05, 0.1) is 11.4 Å². The van der Waals surface area contributed by atoms with E-state index in [-0.39, 0.29) is 5.75 Å². The summed E-state index contributed by atoms with van der Waals surface area (Å²) in [6, 6.07) is 7.79. The minimum absolute atomic E-state index is 0.0395. The van der Waals surface area contributed by atoms with Gasteiger partial charge in [-0.25, -0.2) is 8.42 Å². The van der Waals surface area contributed by atoms with Crippen molar-refractivity contribution in [3.63, 3.8) is 0 Å². The molecule has 0 spiro atoms. The predicted molar refractivity (Wildman–Crippen MR) is 67.6 cm³/mol. The SMILES string of the molecule is CS(=O)(=O)CCC1(O)CCCc2ccccc21. The Kier molecular flexibility index (Phi) is 3.27. The summed E-state index contributed by atoms with van der Waals surface area (Å²) in [7, 11) is -3.02. The van der Waals surface area contributed by atoms with Crippen molar-refractivity contribution in [2.24, 2.45) is 0 Å². The lowest BCUT2D eigenvalue weighted by atomic mass is 9.78. The molecule has 0 amide bonds. The number of hydrogen-bond donors (Lipinski definition) is 1. The summed E-state index contributed by atoms with van der Waals surface area (Å²) < 4.78 is 22.4. The van der Waals surface area contributed by atoms with Crippen LogP contribution < -0.4 is 0 Å². The van der Waals surface area contributed by atoms with E-state index in [9.17, 15) is 13.5 Å². The second kappa shape index (κ2) is 4.42. The minimum atomic E-state index is -3.02. The standard InChI is InChI=1S/C13H18O3S/c1-17(15,16)10-9-13(14)8-4-6-11-5-2-3-7-12(11)13/h2-3,5,7,14H,4,6,8-10H2,1H3. The van der Waals surface area contributed by atoms with Crippen molar-refractivity contribution in [3.05, 3.63) is 35.4 Å². The molecule has 1 aliphatic rings. The van der Waals surface area contributed by atoms with Crippen molar-refractivity contribution < 1.29 is 13.5 Å². The Morgan fingerprint density at radius 1 is 1.35 bits per heavy atom. The van der Waals surface area contributed by atoms with Gasteiger partial charge >= 0.3 is 0 Å². The molecule has 0 aromatic heterocycles. The number of sulfone groups is 1. The van der Waals surface area contributed by atoms with Crippen molar-refractivity contribution in [1.82, 2.24) is 0 Å². The maximum Gasteiger partial charge on any atom is 0.147 e. The highest BCUT2D eigenvalue weighted by atomic mass is 32.2. The average molecular weight is 254 g/mol. The van der Waals surface area contributed by atoms with Crippen LogP contribution in [-0.2, 0) is 21.9 Å². The highest BCUT2D eigenvalue weighted by Crippen LogP contribution is 2.37. The lowest BCUT2D eigenvalue weighted by molar-refractivity contribution is 0.0156. The smallest absolute Gasteiger partial charge is 0.147 e. The highest BCUT2D eigenvalue weighted by Gasteiger charge is 2.34. The predicted octanol–water partition coefficient (Wildman–Crippen LogP) is 1.65. The van der Waals surface area contributed by atoms with Crippen LogP contribution in [0.5, 0.6) is 0 Å². The van der Waals surface area contributed by atoms with Gasteiger partial charge in [0.2, 0.25) is 0 Å². The van der Waals surface area contributed by atoms with Crippen LogP contribution in [0.1, 0.15) is 30.4 Å². The van der Waals surface area contributed by atoms with E-state index in [1.165, 1.54) is 6.26 Å². The molecular weight excluding hydrogens is 236 g/mol. The molecule has 0 aliphatic heterocycles. The molecule has 1 aliphatic carbocycles. The molecule has 0 radical (unpaired) electrons. The van der Waals surface area contributed by atoms with Gasteiger partial charge in [-0.1, -0.05) is 24.3 Å². The number of hydrogen-bond acceptors (Lipinski definition) is 3.